The summed E-state index contributed by atoms with van der Waals surface area (Å²) in [5, 5.41) is -0.202. The van der Waals surface area contributed by atoms with Crippen LogP contribution < -0.4 is 0 Å². The molecule has 0 saturated carbocycles. The van der Waals surface area contributed by atoms with E-state index in [-0.39, 0.29) is 29.4 Å². The van der Waals surface area contributed by atoms with E-state index < -0.39 is 0 Å². The van der Waals surface area contributed by atoms with Gasteiger partial charge in [0.15, 0.2) is 0 Å². The third-order valence-corrected chi connectivity index (χ3v) is 5.73. The second kappa shape index (κ2) is 8.82. The molecule has 0 radical (unpaired) electrons. The number of fused-ring (bicyclic) bond motifs is 1. The highest BCUT2D eigenvalue weighted by Crippen LogP contribution is 2.28. The maximum Gasteiger partial charge on any atom is 0.261 e. The number of nitrogens with zero attached hydrogens (tertiary/aromatic N) is 1. The lowest BCUT2D eigenvalue weighted by Crippen LogP contribution is -2.31. The molecule has 1 aliphatic rings. The maximum absolute atomic E-state index is 12.6. The molecule has 1 unspecified atom stereocenters. The van der Waals surface area contributed by atoms with Crippen molar-refractivity contribution in [2.45, 2.75) is 29.4 Å². The molecular weight excluding hydrogens is 358 g/mol. The second-order valence-corrected chi connectivity index (χ2v) is 7.60. The zero-order chi connectivity index (χ0) is 19.2. The molecule has 0 saturated heterocycles. The minimum Gasteiger partial charge on any atom is -0.298 e. The van der Waals surface area contributed by atoms with E-state index in [4.69, 9.17) is 0 Å². The standard InChI is InChI=1S/C22H21NO3S/c1-2-9-20(27-16-10-4-3-5-11-16)19(24)14-8-15-23-21(25)17-12-6-7-13-18(17)22(23)26/h2-7,10-13,20H,1,8-9,14-15H2. The number of ketones is 1. The predicted octanol–water partition coefficient (Wildman–Crippen LogP) is 4.37. The van der Waals surface area contributed by atoms with Gasteiger partial charge in [-0.3, -0.25) is 19.3 Å². The number of allylic oxidation sites excluding steroid dienone is 1. The summed E-state index contributed by atoms with van der Waals surface area (Å²) in [5.74, 6) is -0.436. The highest BCUT2D eigenvalue weighted by molar-refractivity contribution is 8.00. The molecule has 2 aromatic rings. The van der Waals surface area contributed by atoms with E-state index in [1.807, 2.05) is 30.3 Å². The van der Waals surface area contributed by atoms with Crippen LogP contribution >= 0.6 is 11.8 Å². The van der Waals surface area contributed by atoms with E-state index >= 15 is 0 Å². The SMILES string of the molecule is C=CCC(Sc1ccccc1)C(=O)CCCN1C(=O)c2ccccc2C1=O. The third-order valence-electron chi connectivity index (χ3n) is 4.44. The van der Waals surface area contributed by atoms with Crippen molar-refractivity contribution >= 4 is 29.4 Å². The second-order valence-electron chi connectivity index (χ2n) is 6.32. The molecule has 0 fully saturated rings. The van der Waals surface area contributed by atoms with Crippen molar-refractivity contribution < 1.29 is 14.4 Å². The van der Waals surface area contributed by atoms with Crippen LogP contribution in [0.3, 0.4) is 0 Å². The fourth-order valence-corrected chi connectivity index (χ4v) is 4.20. The van der Waals surface area contributed by atoms with E-state index in [2.05, 4.69) is 6.58 Å². The fraction of sp³-hybridized carbons (Fsp3) is 0.227. The van der Waals surface area contributed by atoms with Gasteiger partial charge in [-0.25, -0.2) is 0 Å². The van der Waals surface area contributed by atoms with Gasteiger partial charge in [-0.2, -0.15) is 0 Å². The van der Waals surface area contributed by atoms with Crippen molar-refractivity contribution in [1.29, 1.82) is 0 Å². The Balaban J connectivity index is 1.56. The van der Waals surface area contributed by atoms with Crippen LogP contribution in [-0.4, -0.2) is 34.3 Å². The Morgan fingerprint density at radius 1 is 1.00 bits per heavy atom. The number of carbonyl (C=O) groups is 3. The van der Waals surface area contributed by atoms with Gasteiger partial charge in [0, 0.05) is 17.9 Å². The fourth-order valence-electron chi connectivity index (χ4n) is 3.07. The maximum atomic E-state index is 12.6. The van der Waals surface area contributed by atoms with Gasteiger partial charge in [0.1, 0.15) is 5.78 Å². The Hall–Kier alpha value is -2.66. The lowest BCUT2D eigenvalue weighted by Gasteiger charge is -2.16. The molecular formula is C22H21NO3S. The number of hydrogen-bond donors (Lipinski definition) is 0. The van der Waals surface area contributed by atoms with E-state index in [9.17, 15) is 14.4 Å². The summed E-state index contributed by atoms with van der Waals surface area (Å²) in [6.07, 6.45) is 3.13. The largest absolute Gasteiger partial charge is 0.298 e. The number of hydrogen-bond acceptors (Lipinski definition) is 4. The number of amides is 2. The molecule has 27 heavy (non-hydrogen) atoms. The van der Waals surface area contributed by atoms with Crippen LogP contribution in [0.25, 0.3) is 0 Å². The Labute approximate surface area is 163 Å². The lowest BCUT2D eigenvalue weighted by atomic mass is 10.1. The molecule has 0 aromatic heterocycles. The van der Waals surface area contributed by atoms with Gasteiger partial charge in [-0.15, -0.1) is 18.3 Å². The molecule has 1 heterocycles. The third kappa shape index (κ3) is 4.37. The van der Waals surface area contributed by atoms with Gasteiger partial charge in [0.25, 0.3) is 11.8 Å². The molecule has 0 bridgehead atoms. The highest BCUT2D eigenvalue weighted by Gasteiger charge is 2.34. The molecule has 1 aliphatic heterocycles. The van der Waals surface area contributed by atoms with Crippen LogP contribution in [0.1, 0.15) is 40.0 Å². The predicted molar refractivity (Wildman–Crippen MR) is 107 cm³/mol. The van der Waals surface area contributed by atoms with Crippen molar-refractivity contribution in [3.8, 4) is 0 Å². The molecule has 0 aliphatic carbocycles. The summed E-state index contributed by atoms with van der Waals surface area (Å²) < 4.78 is 0. The average Bonchev–Trinajstić information content (AvgIpc) is 2.93. The Bertz CT molecular complexity index is 828. The Morgan fingerprint density at radius 3 is 2.19 bits per heavy atom. The summed E-state index contributed by atoms with van der Waals surface area (Å²) in [7, 11) is 0. The topological polar surface area (TPSA) is 54.5 Å². The van der Waals surface area contributed by atoms with Crippen molar-refractivity contribution in [3.05, 3.63) is 78.4 Å². The van der Waals surface area contributed by atoms with Crippen LogP contribution in [0.15, 0.2) is 72.1 Å². The lowest BCUT2D eigenvalue weighted by molar-refractivity contribution is -0.118. The summed E-state index contributed by atoms with van der Waals surface area (Å²) in [4.78, 5) is 39.6. The number of imide groups is 1. The van der Waals surface area contributed by atoms with Gasteiger partial charge in [0.05, 0.1) is 16.4 Å². The van der Waals surface area contributed by atoms with Crippen LogP contribution in [0.5, 0.6) is 0 Å². The van der Waals surface area contributed by atoms with Crippen LogP contribution in [0.4, 0.5) is 0 Å². The molecule has 4 nitrogen and oxygen atoms in total. The van der Waals surface area contributed by atoms with Crippen molar-refractivity contribution in [2.75, 3.05) is 6.54 Å². The van der Waals surface area contributed by atoms with Gasteiger partial charge < -0.3 is 0 Å². The molecule has 0 spiro atoms. The molecule has 2 aromatic carbocycles. The quantitative estimate of drug-likeness (QED) is 0.369. The molecule has 2 amide bonds. The van der Waals surface area contributed by atoms with Gasteiger partial charge in [-0.05, 0) is 37.1 Å². The molecule has 5 heteroatoms. The van der Waals surface area contributed by atoms with E-state index in [0.29, 0.717) is 30.4 Å². The Morgan fingerprint density at radius 2 is 1.59 bits per heavy atom. The average molecular weight is 379 g/mol. The van der Waals surface area contributed by atoms with Crippen molar-refractivity contribution in [1.82, 2.24) is 4.90 Å². The van der Waals surface area contributed by atoms with Gasteiger partial charge in [0.2, 0.25) is 0 Å². The van der Waals surface area contributed by atoms with Crippen LogP contribution in [0, 0.1) is 0 Å². The number of thioether (sulfide) groups is 1. The number of rotatable bonds is 9. The van der Waals surface area contributed by atoms with Gasteiger partial charge >= 0.3 is 0 Å². The smallest absolute Gasteiger partial charge is 0.261 e. The van der Waals surface area contributed by atoms with Crippen LogP contribution in [0.2, 0.25) is 0 Å². The first-order valence-corrected chi connectivity index (χ1v) is 9.80. The van der Waals surface area contributed by atoms with E-state index in [1.165, 1.54) is 16.7 Å². The summed E-state index contributed by atoms with van der Waals surface area (Å²) in [6.45, 7) is 4.01. The minimum atomic E-state index is -0.274. The van der Waals surface area contributed by atoms with Crippen molar-refractivity contribution in [3.63, 3.8) is 0 Å². The zero-order valence-corrected chi connectivity index (χ0v) is 15.8. The summed E-state index contributed by atoms with van der Waals surface area (Å²) in [6, 6.07) is 16.6. The van der Waals surface area contributed by atoms with E-state index in [0.717, 1.165) is 4.90 Å². The Kier molecular flexibility index (Phi) is 6.24. The monoisotopic (exact) mass is 379 g/mol. The normalized spacial score (nSPS) is 14.1. The molecule has 0 N–H and O–H groups in total. The van der Waals surface area contributed by atoms with Gasteiger partial charge in [-0.1, -0.05) is 36.4 Å². The molecule has 1 atom stereocenters. The van der Waals surface area contributed by atoms with E-state index in [1.54, 1.807) is 30.3 Å². The zero-order valence-electron chi connectivity index (χ0n) is 15.0. The molecule has 3 rings (SSSR count). The first-order valence-electron chi connectivity index (χ1n) is 8.92. The number of carbonyl (C=O) groups excluding carboxylic acids is 3. The van der Waals surface area contributed by atoms with Crippen LogP contribution in [-0.2, 0) is 4.79 Å². The summed E-state index contributed by atoms with van der Waals surface area (Å²) >= 11 is 1.53. The van der Waals surface area contributed by atoms with Crippen molar-refractivity contribution in [2.24, 2.45) is 0 Å². The first kappa shape index (κ1) is 19.1. The number of Topliss-reactive ketones (excluding diaryl/α,β-unsaturated/α-hetero) is 1. The highest BCUT2D eigenvalue weighted by atomic mass is 32.2. The molecule has 138 valence electrons. The summed E-state index contributed by atoms with van der Waals surface area (Å²) in [5.41, 5.74) is 0.885. The first-order chi connectivity index (χ1) is 13.1. The number of benzene rings is 2. The minimum absolute atomic E-state index is 0.111.